The Hall–Kier alpha value is -0.850. The Morgan fingerprint density at radius 1 is 1.30 bits per heavy atom. The summed E-state index contributed by atoms with van der Waals surface area (Å²) in [6, 6.07) is -0.591. The van der Waals surface area contributed by atoms with E-state index in [4.69, 9.17) is 0 Å². The summed E-state index contributed by atoms with van der Waals surface area (Å²) in [5.41, 5.74) is -2.90. The fraction of sp³-hybridized carbons (Fsp3) is 0.923. The van der Waals surface area contributed by atoms with E-state index in [1.807, 2.05) is 0 Å². The van der Waals surface area contributed by atoms with Gasteiger partial charge >= 0.3 is 6.18 Å². The molecule has 118 valence electrons. The molecule has 0 saturated carbocycles. The molecule has 1 fully saturated rings. The molecule has 1 saturated heterocycles. The molecule has 20 heavy (non-hydrogen) atoms. The zero-order chi connectivity index (χ0) is 15.9. The molecule has 0 aromatic rings. The molecule has 0 aromatic carbocycles. The van der Waals surface area contributed by atoms with Crippen LogP contribution in [0.1, 0.15) is 27.7 Å². The monoisotopic (exact) mass is 298 g/mol. The van der Waals surface area contributed by atoms with Crippen molar-refractivity contribution < 1.29 is 22.4 Å². The Kier molecular flexibility index (Phi) is 4.73. The fourth-order valence-corrected chi connectivity index (χ4v) is 2.35. The molecule has 1 aliphatic heterocycles. The molecule has 3 nitrogen and oxygen atoms in total. The Morgan fingerprint density at radius 2 is 1.80 bits per heavy atom. The van der Waals surface area contributed by atoms with Gasteiger partial charge in [0.15, 0.2) is 0 Å². The van der Waals surface area contributed by atoms with E-state index >= 15 is 0 Å². The molecule has 2 atom stereocenters. The van der Waals surface area contributed by atoms with Crippen LogP contribution in [0, 0.1) is 5.92 Å². The van der Waals surface area contributed by atoms with Gasteiger partial charge in [-0.3, -0.25) is 9.69 Å². The maximum Gasteiger partial charge on any atom is 0.396 e. The lowest BCUT2D eigenvalue weighted by Crippen LogP contribution is -2.55. The van der Waals surface area contributed by atoms with E-state index in [2.05, 4.69) is 0 Å². The van der Waals surface area contributed by atoms with Gasteiger partial charge in [0.05, 0.1) is 0 Å². The molecule has 0 aromatic heterocycles. The van der Waals surface area contributed by atoms with Crippen molar-refractivity contribution in [3.05, 3.63) is 0 Å². The summed E-state index contributed by atoms with van der Waals surface area (Å²) in [5, 5.41) is 0. The van der Waals surface area contributed by atoms with Gasteiger partial charge in [0.2, 0.25) is 5.67 Å². The van der Waals surface area contributed by atoms with Crippen LogP contribution in [-0.2, 0) is 4.79 Å². The van der Waals surface area contributed by atoms with Crippen LogP contribution in [0.2, 0.25) is 0 Å². The quantitative estimate of drug-likeness (QED) is 0.747. The first kappa shape index (κ1) is 17.2. The van der Waals surface area contributed by atoms with Crippen LogP contribution in [0.5, 0.6) is 0 Å². The number of halogens is 4. The number of amides is 1. The zero-order valence-electron chi connectivity index (χ0n) is 12.5. The van der Waals surface area contributed by atoms with Gasteiger partial charge in [-0.1, -0.05) is 0 Å². The molecule has 7 heteroatoms. The predicted molar refractivity (Wildman–Crippen MR) is 68.0 cm³/mol. The van der Waals surface area contributed by atoms with Crippen molar-refractivity contribution in [1.82, 2.24) is 9.80 Å². The van der Waals surface area contributed by atoms with Gasteiger partial charge in [-0.2, -0.15) is 13.2 Å². The standard InChI is InChI=1S/C13H22F4N2O/c1-8(2)18(5)11(20)12(14)7-19(9(3)4)6-10(12)13(15,16)17/h8-10H,6-7H2,1-5H3. The first-order valence-electron chi connectivity index (χ1n) is 6.68. The van der Waals surface area contributed by atoms with Crippen molar-refractivity contribution in [2.24, 2.45) is 5.92 Å². The minimum absolute atomic E-state index is 0.241. The molecule has 1 aliphatic rings. The highest BCUT2D eigenvalue weighted by Crippen LogP contribution is 2.44. The van der Waals surface area contributed by atoms with E-state index in [0.29, 0.717) is 0 Å². The lowest BCUT2D eigenvalue weighted by molar-refractivity contribution is -0.204. The fourth-order valence-electron chi connectivity index (χ4n) is 2.35. The van der Waals surface area contributed by atoms with Crippen molar-refractivity contribution in [3.8, 4) is 0 Å². The third kappa shape index (κ3) is 3.07. The zero-order valence-corrected chi connectivity index (χ0v) is 12.5. The number of rotatable bonds is 3. The second-order valence-corrected chi connectivity index (χ2v) is 5.99. The summed E-state index contributed by atoms with van der Waals surface area (Å²) in [6.45, 7) is 5.67. The Morgan fingerprint density at radius 3 is 2.15 bits per heavy atom. The molecular formula is C13H22F4N2O. The Bertz CT molecular complexity index is 370. The number of carbonyl (C=O) groups excluding carboxylic acids is 1. The van der Waals surface area contributed by atoms with Crippen molar-refractivity contribution in [2.45, 2.75) is 51.6 Å². The first-order chi connectivity index (χ1) is 8.91. The van der Waals surface area contributed by atoms with Crippen LogP contribution in [0.4, 0.5) is 17.6 Å². The topological polar surface area (TPSA) is 23.6 Å². The molecule has 0 aliphatic carbocycles. The summed E-state index contributed by atoms with van der Waals surface area (Å²) in [4.78, 5) is 14.6. The van der Waals surface area contributed by atoms with E-state index in [0.717, 1.165) is 4.90 Å². The lowest BCUT2D eigenvalue weighted by atomic mass is 9.90. The minimum Gasteiger partial charge on any atom is -0.340 e. The van der Waals surface area contributed by atoms with E-state index in [1.165, 1.54) is 11.9 Å². The molecule has 0 radical (unpaired) electrons. The Balaban J connectivity index is 3.12. The van der Waals surface area contributed by atoms with Gasteiger partial charge in [0.1, 0.15) is 5.92 Å². The summed E-state index contributed by atoms with van der Waals surface area (Å²) in [6.07, 6.45) is -4.73. The van der Waals surface area contributed by atoms with Crippen LogP contribution in [0.3, 0.4) is 0 Å². The number of nitrogens with zero attached hydrogens (tertiary/aromatic N) is 2. The molecule has 0 bridgehead atoms. The van der Waals surface area contributed by atoms with E-state index in [-0.39, 0.29) is 12.1 Å². The number of hydrogen-bond donors (Lipinski definition) is 0. The van der Waals surface area contributed by atoms with Gasteiger partial charge in [0, 0.05) is 32.2 Å². The molecule has 1 rings (SSSR count). The van der Waals surface area contributed by atoms with Crippen LogP contribution in [0.25, 0.3) is 0 Å². The van der Waals surface area contributed by atoms with Crippen molar-refractivity contribution in [1.29, 1.82) is 0 Å². The van der Waals surface area contributed by atoms with Crippen LogP contribution in [-0.4, -0.2) is 59.8 Å². The molecule has 1 amide bonds. The molecule has 0 spiro atoms. The molecule has 1 heterocycles. The first-order valence-corrected chi connectivity index (χ1v) is 6.68. The number of hydrogen-bond acceptors (Lipinski definition) is 2. The van der Waals surface area contributed by atoms with Gasteiger partial charge in [-0.05, 0) is 27.7 Å². The van der Waals surface area contributed by atoms with Crippen LogP contribution >= 0.6 is 0 Å². The molecular weight excluding hydrogens is 276 g/mol. The second-order valence-electron chi connectivity index (χ2n) is 5.99. The average Bonchev–Trinajstić information content (AvgIpc) is 2.66. The second kappa shape index (κ2) is 5.50. The maximum absolute atomic E-state index is 14.9. The average molecular weight is 298 g/mol. The number of alkyl halides is 4. The highest BCUT2D eigenvalue weighted by molar-refractivity contribution is 5.86. The van der Waals surface area contributed by atoms with Crippen LogP contribution in [0.15, 0.2) is 0 Å². The number of carbonyl (C=O) groups is 1. The predicted octanol–water partition coefficient (Wildman–Crippen LogP) is 2.46. The van der Waals surface area contributed by atoms with E-state index in [1.54, 1.807) is 27.7 Å². The summed E-state index contributed by atoms with van der Waals surface area (Å²) in [7, 11) is 1.33. The third-order valence-corrected chi connectivity index (χ3v) is 3.98. The molecule has 0 N–H and O–H groups in total. The minimum atomic E-state index is -4.73. The highest BCUT2D eigenvalue weighted by atomic mass is 19.4. The third-order valence-electron chi connectivity index (χ3n) is 3.98. The van der Waals surface area contributed by atoms with E-state index in [9.17, 15) is 22.4 Å². The van der Waals surface area contributed by atoms with Crippen molar-refractivity contribution in [3.63, 3.8) is 0 Å². The normalized spacial score (nSPS) is 28.4. The number of likely N-dealkylation sites (tertiary alicyclic amines) is 1. The lowest BCUT2D eigenvalue weighted by Gasteiger charge is -2.33. The largest absolute Gasteiger partial charge is 0.396 e. The van der Waals surface area contributed by atoms with Crippen molar-refractivity contribution >= 4 is 5.91 Å². The summed E-state index contributed by atoms with van der Waals surface area (Å²) in [5.74, 6) is -3.36. The Labute approximate surface area is 116 Å². The smallest absolute Gasteiger partial charge is 0.340 e. The van der Waals surface area contributed by atoms with E-state index < -0.39 is 36.8 Å². The maximum atomic E-state index is 14.9. The summed E-state index contributed by atoms with van der Waals surface area (Å²) < 4.78 is 54.2. The highest BCUT2D eigenvalue weighted by Gasteiger charge is 2.64. The SMILES string of the molecule is CC(C)N1CC(C(F)(F)F)C(F)(C(=O)N(C)C(C)C)C1. The van der Waals surface area contributed by atoms with Gasteiger partial charge in [-0.25, -0.2) is 4.39 Å². The van der Waals surface area contributed by atoms with Gasteiger partial charge in [0.25, 0.3) is 5.91 Å². The van der Waals surface area contributed by atoms with Gasteiger partial charge in [-0.15, -0.1) is 0 Å². The van der Waals surface area contributed by atoms with Gasteiger partial charge < -0.3 is 4.90 Å². The van der Waals surface area contributed by atoms with Crippen LogP contribution < -0.4 is 0 Å². The van der Waals surface area contributed by atoms with Crippen molar-refractivity contribution in [2.75, 3.05) is 20.1 Å². The summed E-state index contributed by atoms with van der Waals surface area (Å²) >= 11 is 0. The molecule has 2 unspecified atom stereocenters.